The standard InChI is InChI=1S/C14H19N3O5/c1-10(2)15-13(18)8-16(3)14(19)9-22-12-6-4-11(5-7-12)17(20)21/h4-7,10H,8-9H2,1-3H3,(H,15,18). The molecule has 1 aromatic carbocycles. The summed E-state index contributed by atoms with van der Waals surface area (Å²) in [5.41, 5.74) is -0.0545. The number of carbonyl (C=O) groups is 2. The van der Waals surface area contributed by atoms with Gasteiger partial charge < -0.3 is 15.0 Å². The van der Waals surface area contributed by atoms with Crippen LogP contribution in [0.2, 0.25) is 0 Å². The number of nitrogens with zero attached hydrogens (tertiary/aromatic N) is 2. The van der Waals surface area contributed by atoms with Crippen molar-refractivity contribution in [1.82, 2.24) is 10.2 Å². The van der Waals surface area contributed by atoms with Crippen LogP contribution in [0.25, 0.3) is 0 Å². The van der Waals surface area contributed by atoms with Crippen LogP contribution in [0.4, 0.5) is 5.69 Å². The first-order valence-corrected chi connectivity index (χ1v) is 6.70. The second-order valence-electron chi connectivity index (χ2n) is 5.01. The number of nitro benzene ring substituents is 1. The van der Waals surface area contributed by atoms with E-state index < -0.39 is 4.92 Å². The fraction of sp³-hybridized carbons (Fsp3) is 0.429. The SMILES string of the molecule is CC(C)NC(=O)CN(C)C(=O)COc1ccc([N+](=O)[O-])cc1. The lowest BCUT2D eigenvalue weighted by Crippen LogP contribution is -2.42. The van der Waals surface area contributed by atoms with E-state index in [9.17, 15) is 19.7 Å². The maximum absolute atomic E-state index is 11.8. The lowest BCUT2D eigenvalue weighted by molar-refractivity contribution is -0.384. The fourth-order valence-corrected chi connectivity index (χ4v) is 1.59. The Kier molecular flexibility index (Phi) is 6.30. The molecule has 8 nitrogen and oxygen atoms in total. The number of hydrogen-bond acceptors (Lipinski definition) is 5. The zero-order chi connectivity index (χ0) is 16.7. The van der Waals surface area contributed by atoms with E-state index in [4.69, 9.17) is 4.74 Å². The summed E-state index contributed by atoms with van der Waals surface area (Å²) in [4.78, 5) is 34.6. The first-order chi connectivity index (χ1) is 10.3. The van der Waals surface area contributed by atoms with Crippen molar-refractivity contribution in [2.45, 2.75) is 19.9 Å². The minimum atomic E-state index is -0.518. The summed E-state index contributed by atoms with van der Waals surface area (Å²) < 4.78 is 5.24. The molecule has 8 heteroatoms. The fourth-order valence-electron chi connectivity index (χ4n) is 1.59. The van der Waals surface area contributed by atoms with Crippen molar-refractivity contribution in [3.63, 3.8) is 0 Å². The Morgan fingerprint density at radius 1 is 1.32 bits per heavy atom. The Balaban J connectivity index is 2.44. The summed E-state index contributed by atoms with van der Waals surface area (Å²) in [7, 11) is 1.50. The molecule has 1 aromatic rings. The third-order valence-corrected chi connectivity index (χ3v) is 2.67. The predicted octanol–water partition coefficient (Wildman–Crippen LogP) is 0.957. The monoisotopic (exact) mass is 309 g/mol. The van der Waals surface area contributed by atoms with Crippen LogP contribution in [0.1, 0.15) is 13.8 Å². The van der Waals surface area contributed by atoms with Gasteiger partial charge in [0.05, 0.1) is 11.5 Å². The van der Waals surface area contributed by atoms with Crippen molar-refractivity contribution < 1.29 is 19.2 Å². The normalized spacial score (nSPS) is 10.2. The summed E-state index contributed by atoms with van der Waals surface area (Å²) in [5.74, 6) is -0.266. The Morgan fingerprint density at radius 3 is 2.41 bits per heavy atom. The van der Waals surface area contributed by atoms with Crippen LogP contribution in [0.3, 0.4) is 0 Å². The molecule has 0 bridgehead atoms. The highest BCUT2D eigenvalue weighted by molar-refractivity contribution is 5.85. The molecule has 0 unspecified atom stereocenters. The van der Waals surface area contributed by atoms with Gasteiger partial charge in [-0.2, -0.15) is 0 Å². The van der Waals surface area contributed by atoms with Gasteiger partial charge in [0.15, 0.2) is 6.61 Å². The van der Waals surface area contributed by atoms with Crippen LogP contribution < -0.4 is 10.1 Å². The number of hydrogen-bond donors (Lipinski definition) is 1. The van der Waals surface area contributed by atoms with E-state index in [0.717, 1.165) is 0 Å². The first-order valence-electron chi connectivity index (χ1n) is 6.70. The molecule has 120 valence electrons. The van der Waals surface area contributed by atoms with Gasteiger partial charge in [0.1, 0.15) is 5.75 Å². The van der Waals surface area contributed by atoms with Crippen LogP contribution in [-0.4, -0.2) is 47.9 Å². The minimum Gasteiger partial charge on any atom is -0.484 e. The van der Waals surface area contributed by atoms with E-state index in [1.807, 2.05) is 13.8 Å². The average Bonchev–Trinajstić information content (AvgIpc) is 2.44. The molecule has 0 aromatic heterocycles. The molecule has 1 N–H and O–H groups in total. The van der Waals surface area contributed by atoms with Gasteiger partial charge in [-0.15, -0.1) is 0 Å². The summed E-state index contributed by atoms with van der Waals surface area (Å²) >= 11 is 0. The molecule has 0 saturated heterocycles. The number of likely N-dealkylation sites (N-methyl/N-ethyl adjacent to an activating group) is 1. The Bertz CT molecular complexity index is 542. The first kappa shape index (κ1) is 17.4. The number of non-ortho nitro benzene ring substituents is 1. The second-order valence-corrected chi connectivity index (χ2v) is 5.01. The van der Waals surface area contributed by atoms with Gasteiger partial charge in [0.2, 0.25) is 5.91 Å². The Labute approximate surface area is 128 Å². The maximum atomic E-state index is 11.8. The van der Waals surface area contributed by atoms with E-state index in [-0.39, 0.29) is 36.7 Å². The quantitative estimate of drug-likeness (QED) is 0.597. The van der Waals surface area contributed by atoms with E-state index in [2.05, 4.69) is 5.32 Å². The lowest BCUT2D eigenvalue weighted by Gasteiger charge is -2.18. The van der Waals surface area contributed by atoms with Gasteiger partial charge in [-0.25, -0.2) is 0 Å². The molecule has 1 rings (SSSR count). The molecular weight excluding hydrogens is 290 g/mol. The van der Waals surface area contributed by atoms with Crippen LogP contribution in [0, 0.1) is 10.1 Å². The van der Waals surface area contributed by atoms with Crippen molar-refractivity contribution in [2.24, 2.45) is 0 Å². The minimum absolute atomic E-state index is 0.00682. The third kappa shape index (κ3) is 5.78. The van der Waals surface area contributed by atoms with Gasteiger partial charge in [-0.05, 0) is 26.0 Å². The number of amides is 2. The molecule has 0 saturated carbocycles. The number of carbonyl (C=O) groups excluding carboxylic acids is 2. The van der Waals surface area contributed by atoms with E-state index in [1.54, 1.807) is 0 Å². The molecule has 0 heterocycles. The van der Waals surface area contributed by atoms with Crippen molar-refractivity contribution >= 4 is 17.5 Å². The molecule has 0 atom stereocenters. The molecule has 0 aliphatic rings. The zero-order valence-corrected chi connectivity index (χ0v) is 12.7. The van der Waals surface area contributed by atoms with Gasteiger partial charge in [0.25, 0.3) is 11.6 Å². The number of ether oxygens (including phenoxy) is 1. The largest absolute Gasteiger partial charge is 0.484 e. The number of nitrogens with one attached hydrogen (secondary N) is 1. The Hall–Kier alpha value is -2.64. The summed E-state index contributed by atoms with van der Waals surface area (Å²) in [6.07, 6.45) is 0. The van der Waals surface area contributed by atoms with Crippen molar-refractivity contribution in [2.75, 3.05) is 20.2 Å². The maximum Gasteiger partial charge on any atom is 0.269 e. The predicted molar refractivity (Wildman–Crippen MR) is 79.5 cm³/mol. The van der Waals surface area contributed by atoms with E-state index >= 15 is 0 Å². The van der Waals surface area contributed by atoms with Crippen LogP contribution >= 0.6 is 0 Å². The molecule has 0 radical (unpaired) electrons. The molecule has 0 fully saturated rings. The highest BCUT2D eigenvalue weighted by Gasteiger charge is 2.14. The number of benzene rings is 1. The topological polar surface area (TPSA) is 102 Å². The zero-order valence-electron chi connectivity index (χ0n) is 12.7. The number of nitro groups is 1. The molecule has 0 aliphatic carbocycles. The highest BCUT2D eigenvalue weighted by Crippen LogP contribution is 2.17. The molecule has 2 amide bonds. The van der Waals surface area contributed by atoms with Crippen LogP contribution in [0.5, 0.6) is 5.75 Å². The van der Waals surface area contributed by atoms with Gasteiger partial charge >= 0.3 is 0 Å². The third-order valence-electron chi connectivity index (χ3n) is 2.67. The van der Waals surface area contributed by atoms with Gasteiger partial charge in [-0.1, -0.05) is 0 Å². The Morgan fingerprint density at radius 2 is 1.91 bits per heavy atom. The van der Waals surface area contributed by atoms with Crippen molar-refractivity contribution in [3.05, 3.63) is 34.4 Å². The van der Waals surface area contributed by atoms with Gasteiger partial charge in [0, 0.05) is 25.2 Å². The smallest absolute Gasteiger partial charge is 0.269 e. The summed E-state index contributed by atoms with van der Waals surface area (Å²) in [6, 6.07) is 5.42. The molecule has 0 spiro atoms. The number of rotatable bonds is 7. The van der Waals surface area contributed by atoms with Crippen molar-refractivity contribution in [1.29, 1.82) is 0 Å². The van der Waals surface area contributed by atoms with Crippen LogP contribution in [-0.2, 0) is 9.59 Å². The van der Waals surface area contributed by atoms with E-state index in [0.29, 0.717) is 5.75 Å². The second kappa shape index (κ2) is 7.96. The molecular formula is C14H19N3O5. The van der Waals surface area contributed by atoms with Gasteiger partial charge in [-0.3, -0.25) is 19.7 Å². The molecule has 22 heavy (non-hydrogen) atoms. The van der Waals surface area contributed by atoms with E-state index in [1.165, 1.54) is 36.2 Å². The average molecular weight is 309 g/mol. The van der Waals surface area contributed by atoms with Crippen LogP contribution in [0.15, 0.2) is 24.3 Å². The highest BCUT2D eigenvalue weighted by atomic mass is 16.6. The van der Waals surface area contributed by atoms with Crippen molar-refractivity contribution in [3.8, 4) is 5.75 Å². The summed E-state index contributed by atoms with van der Waals surface area (Å²) in [5, 5.41) is 13.2. The molecule has 0 aliphatic heterocycles. The summed E-state index contributed by atoms with van der Waals surface area (Å²) in [6.45, 7) is 3.36. The lowest BCUT2D eigenvalue weighted by atomic mass is 10.3.